The third-order valence-electron chi connectivity index (χ3n) is 4.47. The monoisotopic (exact) mass is 331 g/mol. The van der Waals surface area contributed by atoms with Crippen LogP contribution in [0.3, 0.4) is 0 Å². The maximum atomic E-state index is 12.4. The van der Waals surface area contributed by atoms with Crippen LogP contribution in [0.5, 0.6) is 0 Å². The van der Waals surface area contributed by atoms with Crippen LogP contribution in [0.15, 0.2) is 24.3 Å². The zero-order valence-electron chi connectivity index (χ0n) is 15.0. The fourth-order valence-corrected chi connectivity index (χ4v) is 3.11. The Labute approximate surface area is 144 Å². The molecule has 1 fully saturated rings. The van der Waals surface area contributed by atoms with Gasteiger partial charge in [-0.05, 0) is 43.0 Å². The summed E-state index contributed by atoms with van der Waals surface area (Å²) >= 11 is 0. The van der Waals surface area contributed by atoms with Crippen molar-refractivity contribution in [2.45, 2.75) is 52.7 Å². The summed E-state index contributed by atoms with van der Waals surface area (Å²) in [5.41, 5.74) is 2.41. The summed E-state index contributed by atoms with van der Waals surface area (Å²) in [5.74, 6) is -0.261. The summed E-state index contributed by atoms with van der Waals surface area (Å²) in [5, 5.41) is 5.71. The first-order valence-electron chi connectivity index (χ1n) is 8.81. The number of amides is 2. The molecule has 2 amide bonds. The molecule has 1 atom stereocenters. The van der Waals surface area contributed by atoms with Crippen LogP contribution in [-0.4, -0.2) is 35.8 Å². The highest BCUT2D eigenvalue weighted by molar-refractivity contribution is 5.87. The Morgan fingerprint density at radius 3 is 2.33 bits per heavy atom. The Morgan fingerprint density at radius 1 is 1.12 bits per heavy atom. The minimum Gasteiger partial charge on any atom is -0.350 e. The van der Waals surface area contributed by atoms with Gasteiger partial charge in [-0.25, -0.2) is 0 Å². The molecule has 1 saturated heterocycles. The SMILES string of the molecule is CC(=O)NC(C(=O)NCc1ccccc1CN1CCCC1)C(C)C. The van der Waals surface area contributed by atoms with Crippen LogP contribution < -0.4 is 10.6 Å². The molecule has 1 unspecified atom stereocenters. The molecule has 1 heterocycles. The third kappa shape index (κ3) is 5.34. The van der Waals surface area contributed by atoms with E-state index in [0.29, 0.717) is 6.54 Å². The van der Waals surface area contributed by atoms with E-state index < -0.39 is 6.04 Å². The Balaban J connectivity index is 1.97. The lowest BCUT2D eigenvalue weighted by atomic mass is 10.0. The lowest BCUT2D eigenvalue weighted by molar-refractivity contribution is -0.129. The number of hydrogen-bond donors (Lipinski definition) is 2. The fraction of sp³-hybridized carbons (Fsp3) is 0.579. The summed E-state index contributed by atoms with van der Waals surface area (Å²) in [6, 6.07) is 7.75. The molecule has 5 heteroatoms. The maximum Gasteiger partial charge on any atom is 0.243 e. The minimum absolute atomic E-state index is 0.0498. The average Bonchev–Trinajstić information content (AvgIpc) is 3.04. The summed E-state index contributed by atoms with van der Waals surface area (Å²) in [7, 11) is 0. The molecule has 1 aliphatic heterocycles. The quantitative estimate of drug-likeness (QED) is 0.804. The van der Waals surface area contributed by atoms with Crippen molar-refractivity contribution >= 4 is 11.8 Å². The van der Waals surface area contributed by atoms with Gasteiger partial charge in [0.1, 0.15) is 6.04 Å². The van der Waals surface area contributed by atoms with Crippen molar-refractivity contribution in [2.24, 2.45) is 5.92 Å². The topological polar surface area (TPSA) is 61.4 Å². The second-order valence-electron chi connectivity index (χ2n) is 6.89. The maximum absolute atomic E-state index is 12.4. The number of carbonyl (C=O) groups is 2. The van der Waals surface area contributed by atoms with E-state index in [2.05, 4.69) is 27.7 Å². The smallest absolute Gasteiger partial charge is 0.243 e. The zero-order valence-corrected chi connectivity index (χ0v) is 15.0. The van der Waals surface area contributed by atoms with E-state index in [9.17, 15) is 9.59 Å². The molecule has 0 saturated carbocycles. The molecule has 2 rings (SSSR count). The van der Waals surface area contributed by atoms with Crippen molar-refractivity contribution in [3.8, 4) is 0 Å². The van der Waals surface area contributed by atoms with Crippen molar-refractivity contribution in [2.75, 3.05) is 13.1 Å². The van der Waals surface area contributed by atoms with Gasteiger partial charge in [0.05, 0.1) is 0 Å². The molecule has 24 heavy (non-hydrogen) atoms. The molecule has 2 N–H and O–H groups in total. The van der Waals surface area contributed by atoms with Crippen molar-refractivity contribution in [1.82, 2.24) is 15.5 Å². The lowest BCUT2D eigenvalue weighted by Crippen LogP contribution is -2.48. The first kappa shape index (κ1) is 18.5. The van der Waals surface area contributed by atoms with E-state index in [1.54, 1.807) is 0 Å². The van der Waals surface area contributed by atoms with Crippen LogP contribution in [0.2, 0.25) is 0 Å². The molecule has 0 aliphatic carbocycles. The number of hydrogen-bond acceptors (Lipinski definition) is 3. The van der Waals surface area contributed by atoms with Crippen LogP contribution in [0.25, 0.3) is 0 Å². The van der Waals surface area contributed by atoms with Gasteiger partial charge in [0.2, 0.25) is 11.8 Å². The highest BCUT2D eigenvalue weighted by atomic mass is 16.2. The van der Waals surface area contributed by atoms with Gasteiger partial charge in [0.25, 0.3) is 0 Å². The highest BCUT2D eigenvalue weighted by Gasteiger charge is 2.23. The van der Waals surface area contributed by atoms with Gasteiger partial charge in [-0.3, -0.25) is 14.5 Å². The van der Waals surface area contributed by atoms with Crippen molar-refractivity contribution < 1.29 is 9.59 Å². The van der Waals surface area contributed by atoms with Crippen LogP contribution in [-0.2, 0) is 22.7 Å². The molecule has 0 radical (unpaired) electrons. The number of benzene rings is 1. The molecule has 5 nitrogen and oxygen atoms in total. The second-order valence-corrected chi connectivity index (χ2v) is 6.89. The largest absolute Gasteiger partial charge is 0.350 e. The molecule has 132 valence electrons. The summed E-state index contributed by atoms with van der Waals surface area (Å²) in [6.07, 6.45) is 2.54. The first-order valence-corrected chi connectivity index (χ1v) is 8.81. The predicted molar refractivity (Wildman–Crippen MR) is 95.2 cm³/mol. The predicted octanol–water partition coefficient (Wildman–Crippen LogP) is 2.06. The number of nitrogens with one attached hydrogen (secondary N) is 2. The van der Waals surface area contributed by atoms with Crippen molar-refractivity contribution in [3.05, 3.63) is 35.4 Å². The molecule has 1 aliphatic rings. The normalized spacial score (nSPS) is 16.2. The third-order valence-corrected chi connectivity index (χ3v) is 4.47. The number of rotatable bonds is 7. The number of carbonyl (C=O) groups excluding carboxylic acids is 2. The van der Waals surface area contributed by atoms with Gasteiger partial charge < -0.3 is 10.6 Å². The van der Waals surface area contributed by atoms with Crippen molar-refractivity contribution in [1.29, 1.82) is 0 Å². The van der Waals surface area contributed by atoms with Crippen LogP contribution >= 0.6 is 0 Å². The van der Waals surface area contributed by atoms with E-state index in [1.165, 1.54) is 25.3 Å². The minimum atomic E-state index is -0.492. The molecule has 1 aromatic rings. The van der Waals surface area contributed by atoms with E-state index in [0.717, 1.165) is 25.2 Å². The molecular weight excluding hydrogens is 302 g/mol. The first-order chi connectivity index (χ1) is 11.5. The van der Waals surface area contributed by atoms with Crippen LogP contribution in [0.4, 0.5) is 0 Å². The Kier molecular flexibility index (Phi) is 6.79. The summed E-state index contributed by atoms with van der Waals surface area (Å²) in [4.78, 5) is 26.2. The molecule has 1 aromatic carbocycles. The van der Waals surface area contributed by atoms with Gasteiger partial charge in [0.15, 0.2) is 0 Å². The van der Waals surface area contributed by atoms with E-state index in [4.69, 9.17) is 0 Å². The zero-order chi connectivity index (χ0) is 17.5. The van der Waals surface area contributed by atoms with Crippen LogP contribution in [0.1, 0.15) is 44.7 Å². The molecular formula is C19H29N3O2. The fourth-order valence-electron chi connectivity index (χ4n) is 3.11. The van der Waals surface area contributed by atoms with Gasteiger partial charge in [0, 0.05) is 20.0 Å². The standard InChI is InChI=1S/C19H29N3O2/c1-14(2)18(21-15(3)23)19(24)20-12-16-8-4-5-9-17(16)13-22-10-6-7-11-22/h4-5,8-9,14,18H,6-7,10-13H2,1-3H3,(H,20,24)(H,21,23). The molecule has 0 spiro atoms. The Hall–Kier alpha value is -1.88. The second kappa shape index (κ2) is 8.83. The van der Waals surface area contributed by atoms with Gasteiger partial charge in [-0.15, -0.1) is 0 Å². The summed E-state index contributed by atoms with van der Waals surface area (Å²) < 4.78 is 0. The average molecular weight is 331 g/mol. The van der Waals surface area contributed by atoms with Gasteiger partial charge in [-0.2, -0.15) is 0 Å². The van der Waals surface area contributed by atoms with E-state index >= 15 is 0 Å². The number of likely N-dealkylation sites (tertiary alicyclic amines) is 1. The highest BCUT2D eigenvalue weighted by Crippen LogP contribution is 2.16. The number of nitrogens with zero attached hydrogens (tertiary/aromatic N) is 1. The Bertz CT molecular complexity index is 565. The van der Waals surface area contributed by atoms with E-state index in [-0.39, 0.29) is 17.7 Å². The van der Waals surface area contributed by atoms with E-state index in [1.807, 2.05) is 26.0 Å². The summed E-state index contributed by atoms with van der Waals surface area (Å²) in [6.45, 7) is 9.03. The van der Waals surface area contributed by atoms with Gasteiger partial charge >= 0.3 is 0 Å². The lowest BCUT2D eigenvalue weighted by Gasteiger charge is -2.22. The van der Waals surface area contributed by atoms with Gasteiger partial charge in [-0.1, -0.05) is 38.1 Å². The Morgan fingerprint density at radius 2 is 1.75 bits per heavy atom. The van der Waals surface area contributed by atoms with Crippen LogP contribution in [0, 0.1) is 5.92 Å². The van der Waals surface area contributed by atoms with Crippen molar-refractivity contribution in [3.63, 3.8) is 0 Å². The molecule has 0 bridgehead atoms. The molecule has 0 aromatic heterocycles.